The van der Waals surface area contributed by atoms with E-state index in [4.69, 9.17) is 14.2 Å². The van der Waals surface area contributed by atoms with Crippen LogP contribution in [0.15, 0.2) is 72.8 Å². The lowest BCUT2D eigenvalue weighted by Crippen LogP contribution is -2.28. The van der Waals surface area contributed by atoms with Crippen molar-refractivity contribution in [3.05, 3.63) is 72.8 Å². The fourth-order valence-electron chi connectivity index (χ4n) is 2.73. The zero-order valence-electron chi connectivity index (χ0n) is 17.2. The van der Waals surface area contributed by atoms with Crippen molar-refractivity contribution in [1.29, 1.82) is 0 Å². The zero-order chi connectivity index (χ0) is 23.8. The summed E-state index contributed by atoms with van der Waals surface area (Å²) < 4.78 is 15.5. The van der Waals surface area contributed by atoms with Gasteiger partial charge >= 0.3 is 17.9 Å². The van der Waals surface area contributed by atoms with E-state index in [-0.39, 0.29) is 34.5 Å². The van der Waals surface area contributed by atoms with Crippen molar-refractivity contribution in [3.63, 3.8) is 0 Å². The summed E-state index contributed by atoms with van der Waals surface area (Å²) in [6.07, 6.45) is -0.967. The fourth-order valence-corrected chi connectivity index (χ4v) is 2.73. The van der Waals surface area contributed by atoms with E-state index in [0.29, 0.717) is 0 Å². The highest BCUT2D eigenvalue weighted by Gasteiger charge is 2.29. The number of hydrogen-bond donors (Lipinski definition) is 3. The van der Waals surface area contributed by atoms with Crippen LogP contribution in [0.3, 0.4) is 0 Å². The topological polar surface area (TPSA) is 140 Å². The maximum Gasteiger partial charge on any atom is 0.315 e. The monoisotopic (exact) mass is 452 g/mol. The van der Waals surface area contributed by atoms with Crippen molar-refractivity contribution in [2.75, 3.05) is 0 Å². The van der Waals surface area contributed by atoms with Crippen molar-refractivity contribution in [2.45, 2.75) is 12.8 Å². The third-order valence-electron chi connectivity index (χ3n) is 4.35. The van der Waals surface area contributed by atoms with Gasteiger partial charge in [-0.25, -0.2) is 0 Å². The molecule has 0 aliphatic rings. The van der Waals surface area contributed by atoms with Crippen LogP contribution in [0.25, 0.3) is 0 Å². The van der Waals surface area contributed by atoms with Crippen LogP contribution in [-0.2, 0) is 14.4 Å². The molecule has 0 heterocycles. The van der Waals surface area contributed by atoms with Gasteiger partial charge in [0.1, 0.15) is 34.5 Å². The van der Waals surface area contributed by atoms with Crippen LogP contribution in [0.5, 0.6) is 34.5 Å². The molecule has 0 aliphatic carbocycles. The molecule has 0 aromatic heterocycles. The molecule has 0 unspecified atom stereocenters. The van der Waals surface area contributed by atoms with Crippen LogP contribution in [0.4, 0.5) is 0 Å². The largest absolute Gasteiger partial charge is 0.508 e. The Morgan fingerprint density at radius 1 is 0.545 bits per heavy atom. The van der Waals surface area contributed by atoms with Gasteiger partial charge in [0.2, 0.25) is 0 Å². The first kappa shape index (κ1) is 23.1. The summed E-state index contributed by atoms with van der Waals surface area (Å²) in [6.45, 7) is 0. The van der Waals surface area contributed by atoms with Gasteiger partial charge in [0.25, 0.3) is 0 Å². The van der Waals surface area contributed by atoms with Crippen LogP contribution >= 0.6 is 0 Å². The molecular weight excluding hydrogens is 432 g/mol. The number of aromatic hydroxyl groups is 3. The van der Waals surface area contributed by atoms with Crippen LogP contribution in [0.1, 0.15) is 12.8 Å². The zero-order valence-corrected chi connectivity index (χ0v) is 17.2. The Hall–Kier alpha value is -4.53. The number of ether oxygens (including phenoxy) is 3. The Labute approximate surface area is 188 Å². The molecule has 3 rings (SSSR count). The van der Waals surface area contributed by atoms with Gasteiger partial charge < -0.3 is 29.5 Å². The van der Waals surface area contributed by atoms with Crippen LogP contribution < -0.4 is 14.2 Å². The van der Waals surface area contributed by atoms with Crippen LogP contribution in [-0.4, -0.2) is 33.2 Å². The van der Waals surface area contributed by atoms with E-state index in [2.05, 4.69) is 0 Å². The molecule has 0 saturated heterocycles. The van der Waals surface area contributed by atoms with E-state index in [1.807, 2.05) is 0 Å². The van der Waals surface area contributed by atoms with Gasteiger partial charge in [-0.15, -0.1) is 0 Å². The van der Waals surface area contributed by atoms with Crippen LogP contribution in [0, 0.1) is 5.92 Å². The first-order chi connectivity index (χ1) is 15.8. The molecule has 33 heavy (non-hydrogen) atoms. The smallest absolute Gasteiger partial charge is 0.315 e. The maximum absolute atomic E-state index is 12.7. The van der Waals surface area contributed by atoms with Gasteiger partial charge in [0.15, 0.2) is 0 Å². The van der Waals surface area contributed by atoms with E-state index >= 15 is 0 Å². The molecule has 0 atom stereocenters. The lowest BCUT2D eigenvalue weighted by molar-refractivity contribution is -0.149. The molecule has 3 N–H and O–H groups in total. The molecule has 0 radical (unpaired) electrons. The summed E-state index contributed by atoms with van der Waals surface area (Å²) >= 11 is 0. The number of carbonyl (C=O) groups excluding carboxylic acids is 3. The van der Waals surface area contributed by atoms with E-state index in [1.165, 1.54) is 72.8 Å². The summed E-state index contributed by atoms with van der Waals surface area (Å²) in [7, 11) is 0. The van der Waals surface area contributed by atoms with Gasteiger partial charge in [-0.3, -0.25) is 14.4 Å². The van der Waals surface area contributed by atoms with Gasteiger partial charge in [0.05, 0.1) is 18.8 Å². The molecule has 0 aliphatic heterocycles. The lowest BCUT2D eigenvalue weighted by atomic mass is 10.0. The molecular formula is C24H20O9. The molecule has 3 aromatic rings. The van der Waals surface area contributed by atoms with Crippen molar-refractivity contribution < 1.29 is 43.9 Å². The molecule has 9 heteroatoms. The SMILES string of the molecule is O=C(CC(CC(=O)Oc1ccc(O)cc1)C(=O)Oc1ccc(O)cc1)Oc1ccc(O)cc1. The normalized spacial score (nSPS) is 10.5. The number of phenols is 3. The summed E-state index contributed by atoms with van der Waals surface area (Å²) in [5, 5.41) is 28.0. The molecule has 0 bridgehead atoms. The predicted molar refractivity (Wildman–Crippen MR) is 114 cm³/mol. The molecule has 0 amide bonds. The summed E-state index contributed by atoms with van der Waals surface area (Å²) in [5.41, 5.74) is 0. The Kier molecular flexibility index (Phi) is 7.48. The number of carbonyl (C=O) groups is 3. The highest BCUT2D eigenvalue weighted by atomic mass is 16.5. The molecule has 0 fully saturated rings. The van der Waals surface area contributed by atoms with E-state index in [1.54, 1.807) is 0 Å². The quantitative estimate of drug-likeness (QED) is 0.347. The Bertz CT molecular complexity index is 1040. The minimum atomic E-state index is -1.23. The minimum absolute atomic E-state index is 0.0119. The van der Waals surface area contributed by atoms with Gasteiger partial charge in [-0.2, -0.15) is 0 Å². The number of benzene rings is 3. The Balaban J connectivity index is 1.69. The number of hydrogen-bond acceptors (Lipinski definition) is 9. The summed E-state index contributed by atoms with van der Waals surface area (Å²) in [6, 6.07) is 16.1. The van der Waals surface area contributed by atoms with Crippen molar-refractivity contribution >= 4 is 17.9 Å². The minimum Gasteiger partial charge on any atom is -0.508 e. The third kappa shape index (κ3) is 7.28. The highest BCUT2D eigenvalue weighted by Crippen LogP contribution is 2.23. The lowest BCUT2D eigenvalue weighted by Gasteiger charge is -2.15. The van der Waals surface area contributed by atoms with Crippen LogP contribution in [0.2, 0.25) is 0 Å². The molecule has 3 aromatic carbocycles. The standard InChI is InChI=1S/C24H20O9/c25-16-1-7-19(8-2-16)31-22(28)13-15(24(30)33-21-11-5-18(27)6-12-21)14-23(29)32-20-9-3-17(26)4-10-20/h1-12,15,25-27H,13-14H2. The van der Waals surface area contributed by atoms with Crippen molar-refractivity contribution in [2.24, 2.45) is 5.92 Å². The van der Waals surface area contributed by atoms with Crippen molar-refractivity contribution in [3.8, 4) is 34.5 Å². The Morgan fingerprint density at radius 3 is 1.18 bits per heavy atom. The first-order valence-electron chi connectivity index (χ1n) is 9.78. The van der Waals surface area contributed by atoms with Gasteiger partial charge in [-0.1, -0.05) is 0 Å². The molecule has 170 valence electrons. The number of phenolic OH excluding ortho intramolecular Hbond substituents is 3. The second-order valence-corrected chi connectivity index (χ2v) is 6.96. The molecule has 0 saturated carbocycles. The average Bonchev–Trinajstić information content (AvgIpc) is 2.78. The van der Waals surface area contributed by atoms with Gasteiger partial charge in [-0.05, 0) is 72.8 Å². The Morgan fingerprint density at radius 2 is 0.848 bits per heavy atom. The van der Waals surface area contributed by atoms with Gasteiger partial charge in [0, 0.05) is 0 Å². The predicted octanol–water partition coefficient (Wildman–Crippen LogP) is 3.32. The fraction of sp³-hybridized carbons (Fsp3) is 0.125. The number of esters is 3. The first-order valence-corrected chi connectivity index (χ1v) is 9.78. The molecule has 0 spiro atoms. The average molecular weight is 452 g/mol. The second-order valence-electron chi connectivity index (χ2n) is 6.96. The summed E-state index contributed by atoms with van der Waals surface area (Å²) in [4.78, 5) is 37.5. The molecule has 9 nitrogen and oxygen atoms in total. The highest BCUT2D eigenvalue weighted by molar-refractivity contribution is 5.86. The maximum atomic E-state index is 12.7. The van der Waals surface area contributed by atoms with Crippen molar-refractivity contribution in [1.82, 2.24) is 0 Å². The number of rotatable bonds is 8. The van der Waals surface area contributed by atoms with E-state index < -0.39 is 36.7 Å². The van der Waals surface area contributed by atoms with E-state index in [0.717, 1.165) is 0 Å². The second kappa shape index (κ2) is 10.7. The third-order valence-corrected chi connectivity index (χ3v) is 4.35. The van der Waals surface area contributed by atoms with E-state index in [9.17, 15) is 29.7 Å². The summed E-state index contributed by atoms with van der Waals surface area (Å²) in [5.74, 6) is -3.34.